The van der Waals surface area contributed by atoms with Crippen LogP contribution in [0.25, 0.3) is 0 Å². The van der Waals surface area contributed by atoms with Gasteiger partial charge in [-0.25, -0.2) is 0 Å². The Morgan fingerprint density at radius 1 is 1.37 bits per heavy atom. The van der Waals surface area contributed by atoms with E-state index in [1.807, 2.05) is 0 Å². The molecule has 0 saturated heterocycles. The van der Waals surface area contributed by atoms with Crippen molar-refractivity contribution in [1.29, 1.82) is 5.26 Å². The molecule has 0 spiro atoms. The Morgan fingerprint density at radius 2 is 2.05 bits per heavy atom. The Kier molecular flexibility index (Phi) is 7.37. The van der Waals surface area contributed by atoms with Gasteiger partial charge >= 0.3 is 0 Å². The molecule has 0 amide bonds. The summed E-state index contributed by atoms with van der Waals surface area (Å²) in [6, 6.07) is 3.11. The molecular weight excluding hydrogens is 238 g/mol. The molecule has 0 aliphatic heterocycles. The Bertz CT molecular complexity index is 286. The number of rotatable bonds is 11. The van der Waals surface area contributed by atoms with Gasteiger partial charge in [-0.1, -0.05) is 6.92 Å². The molecule has 0 aromatic rings. The zero-order chi connectivity index (χ0) is 14.1. The van der Waals surface area contributed by atoms with Gasteiger partial charge in [-0.15, -0.1) is 0 Å². The molecule has 4 nitrogen and oxygen atoms in total. The van der Waals surface area contributed by atoms with Crippen molar-refractivity contribution in [3.05, 3.63) is 0 Å². The van der Waals surface area contributed by atoms with Crippen LogP contribution in [-0.2, 0) is 4.74 Å². The molecule has 1 rings (SSSR count). The second-order valence-corrected chi connectivity index (χ2v) is 5.72. The molecule has 0 radical (unpaired) electrons. The summed E-state index contributed by atoms with van der Waals surface area (Å²) in [6.45, 7) is 5.06. The minimum atomic E-state index is -0.297. The lowest BCUT2D eigenvalue weighted by atomic mass is 9.91. The number of hydrogen-bond donors (Lipinski definition) is 1. The van der Waals surface area contributed by atoms with Crippen molar-refractivity contribution in [2.75, 3.05) is 33.9 Å². The largest absolute Gasteiger partial charge is 0.385 e. The number of hydrogen-bond acceptors (Lipinski definition) is 4. The first-order valence-electron chi connectivity index (χ1n) is 7.52. The van der Waals surface area contributed by atoms with Gasteiger partial charge in [0, 0.05) is 26.3 Å². The van der Waals surface area contributed by atoms with Crippen LogP contribution in [0.5, 0.6) is 0 Å². The van der Waals surface area contributed by atoms with Gasteiger partial charge in [-0.2, -0.15) is 5.26 Å². The Hall–Kier alpha value is -0.630. The van der Waals surface area contributed by atoms with E-state index in [1.165, 1.54) is 12.8 Å². The fourth-order valence-electron chi connectivity index (χ4n) is 2.38. The normalized spacial score (nSPS) is 18.3. The van der Waals surface area contributed by atoms with Gasteiger partial charge in [0.05, 0.1) is 6.07 Å². The summed E-state index contributed by atoms with van der Waals surface area (Å²) in [5.41, 5.74) is -0.297. The van der Waals surface area contributed by atoms with E-state index in [0.29, 0.717) is 6.04 Å². The van der Waals surface area contributed by atoms with Crippen LogP contribution in [0.2, 0.25) is 0 Å². The average molecular weight is 267 g/mol. The zero-order valence-corrected chi connectivity index (χ0v) is 12.7. The van der Waals surface area contributed by atoms with Crippen LogP contribution < -0.4 is 5.32 Å². The van der Waals surface area contributed by atoms with Gasteiger partial charge in [0.15, 0.2) is 0 Å². The first kappa shape index (κ1) is 16.4. The van der Waals surface area contributed by atoms with E-state index in [2.05, 4.69) is 30.3 Å². The maximum atomic E-state index is 9.45. The summed E-state index contributed by atoms with van der Waals surface area (Å²) < 4.78 is 5.06. The predicted octanol–water partition coefficient (Wildman–Crippen LogP) is 2.16. The van der Waals surface area contributed by atoms with E-state index in [4.69, 9.17) is 4.74 Å². The quantitative estimate of drug-likeness (QED) is 0.583. The molecule has 1 unspecified atom stereocenters. The Labute approximate surface area is 118 Å². The number of nitriles is 1. The van der Waals surface area contributed by atoms with Gasteiger partial charge in [0.2, 0.25) is 0 Å². The lowest BCUT2D eigenvalue weighted by Gasteiger charge is -2.27. The Balaban J connectivity index is 2.22. The minimum absolute atomic E-state index is 0.297. The molecule has 1 aliphatic carbocycles. The molecule has 1 aliphatic rings. The highest BCUT2D eigenvalue weighted by molar-refractivity contribution is 5.09. The van der Waals surface area contributed by atoms with E-state index < -0.39 is 0 Å². The van der Waals surface area contributed by atoms with Crippen LogP contribution in [0.15, 0.2) is 0 Å². The second kappa shape index (κ2) is 8.52. The van der Waals surface area contributed by atoms with Gasteiger partial charge in [-0.3, -0.25) is 5.32 Å². The molecule has 4 heteroatoms. The highest BCUT2D eigenvalue weighted by Crippen LogP contribution is 2.26. The summed E-state index contributed by atoms with van der Waals surface area (Å²) in [4.78, 5) is 2.33. The molecular formula is C15H29N3O. The smallest absolute Gasteiger partial charge is 0.106 e. The standard InChI is InChI=1S/C15H29N3O/c1-4-15(13-16,17-14-7-8-14)9-5-10-18(2)11-6-12-19-3/h14,17H,4-12H2,1-3H3. The molecule has 19 heavy (non-hydrogen) atoms. The second-order valence-electron chi connectivity index (χ2n) is 5.72. The third kappa shape index (κ3) is 6.38. The fraction of sp³-hybridized carbons (Fsp3) is 0.933. The average Bonchev–Trinajstić information content (AvgIpc) is 3.22. The van der Waals surface area contributed by atoms with Gasteiger partial charge in [-0.05, 0) is 52.1 Å². The van der Waals surface area contributed by atoms with E-state index in [-0.39, 0.29) is 5.54 Å². The van der Waals surface area contributed by atoms with E-state index in [9.17, 15) is 5.26 Å². The van der Waals surface area contributed by atoms with Crippen molar-refractivity contribution < 1.29 is 4.74 Å². The molecule has 0 aromatic heterocycles. The van der Waals surface area contributed by atoms with E-state index in [1.54, 1.807) is 7.11 Å². The van der Waals surface area contributed by atoms with Crippen molar-refractivity contribution in [3.8, 4) is 6.07 Å². The maximum Gasteiger partial charge on any atom is 0.106 e. The molecule has 0 bridgehead atoms. The summed E-state index contributed by atoms with van der Waals surface area (Å²) in [7, 11) is 3.88. The third-order valence-corrected chi connectivity index (χ3v) is 3.91. The van der Waals surface area contributed by atoms with Crippen LogP contribution in [0.4, 0.5) is 0 Å². The van der Waals surface area contributed by atoms with Crippen molar-refractivity contribution in [2.45, 2.75) is 57.0 Å². The first-order valence-corrected chi connectivity index (χ1v) is 7.52. The first-order chi connectivity index (χ1) is 9.15. The third-order valence-electron chi connectivity index (χ3n) is 3.91. The summed E-state index contributed by atoms with van der Waals surface area (Å²) >= 11 is 0. The number of nitrogens with one attached hydrogen (secondary N) is 1. The van der Waals surface area contributed by atoms with Gasteiger partial charge in [0.1, 0.15) is 5.54 Å². The SMILES string of the molecule is CCC(C#N)(CCCN(C)CCCOC)NC1CC1. The highest BCUT2D eigenvalue weighted by atomic mass is 16.5. The summed E-state index contributed by atoms with van der Waals surface area (Å²) in [6.07, 6.45) is 6.47. The van der Waals surface area contributed by atoms with E-state index >= 15 is 0 Å². The van der Waals surface area contributed by atoms with Crippen LogP contribution >= 0.6 is 0 Å². The Morgan fingerprint density at radius 3 is 2.58 bits per heavy atom. The van der Waals surface area contributed by atoms with Crippen molar-refractivity contribution in [2.24, 2.45) is 0 Å². The highest BCUT2D eigenvalue weighted by Gasteiger charge is 2.34. The molecule has 1 atom stereocenters. The van der Waals surface area contributed by atoms with Crippen LogP contribution in [0.1, 0.15) is 45.4 Å². The number of methoxy groups -OCH3 is 1. The van der Waals surface area contributed by atoms with Crippen LogP contribution in [0, 0.1) is 11.3 Å². The topological polar surface area (TPSA) is 48.3 Å². The van der Waals surface area contributed by atoms with Crippen molar-refractivity contribution in [1.82, 2.24) is 10.2 Å². The molecule has 1 saturated carbocycles. The monoisotopic (exact) mass is 267 g/mol. The summed E-state index contributed by atoms with van der Waals surface area (Å²) in [5.74, 6) is 0. The lowest BCUT2D eigenvalue weighted by Crippen LogP contribution is -2.45. The number of ether oxygens (including phenoxy) is 1. The van der Waals surface area contributed by atoms with Crippen molar-refractivity contribution in [3.63, 3.8) is 0 Å². The summed E-state index contributed by atoms with van der Waals surface area (Å²) in [5, 5.41) is 13.0. The maximum absolute atomic E-state index is 9.45. The fourth-order valence-corrected chi connectivity index (χ4v) is 2.38. The lowest BCUT2D eigenvalue weighted by molar-refractivity contribution is 0.178. The predicted molar refractivity (Wildman–Crippen MR) is 78.0 cm³/mol. The molecule has 0 aromatic carbocycles. The van der Waals surface area contributed by atoms with Crippen LogP contribution in [0.3, 0.4) is 0 Å². The zero-order valence-electron chi connectivity index (χ0n) is 12.7. The van der Waals surface area contributed by atoms with Gasteiger partial charge in [0.25, 0.3) is 0 Å². The van der Waals surface area contributed by atoms with Crippen LogP contribution in [-0.4, -0.2) is 50.3 Å². The van der Waals surface area contributed by atoms with Gasteiger partial charge < -0.3 is 9.64 Å². The molecule has 1 fully saturated rings. The van der Waals surface area contributed by atoms with Crippen molar-refractivity contribution >= 4 is 0 Å². The molecule has 110 valence electrons. The molecule has 0 heterocycles. The minimum Gasteiger partial charge on any atom is -0.385 e. The molecule has 1 N–H and O–H groups in total. The van der Waals surface area contributed by atoms with E-state index in [0.717, 1.165) is 45.4 Å². The number of nitrogens with zero attached hydrogens (tertiary/aromatic N) is 2.